The fourth-order valence-corrected chi connectivity index (χ4v) is 7.23. The number of rotatable bonds is 49. The van der Waals surface area contributed by atoms with E-state index in [4.69, 9.17) is 18.9 Å². The molecule has 0 saturated carbocycles. The van der Waals surface area contributed by atoms with Crippen LogP contribution in [0.25, 0.3) is 0 Å². The summed E-state index contributed by atoms with van der Waals surface area (Å²) in [7, 11) is 5.95. The maximum Gasteiger partial charge on any atom is 0.361 e. The number of aliphatic carboxylic acids is 1. The van der Waals surface area contributed by atoms with Crippen LogP contribution in [0.1, 0.15) is 213 Å². The SMILES string of the molecule is CC/C=C\C/C=C\C/C=C\C/C=C\C/C=C\C/C=C\C/C=C\CCCCCCCCCCCCCCCCCC(=O)OC(COC(=O)CCCCCCCC)COC(OCC[N+](C)(C)C)C(=O)O. The maximum absolute atomic E-state index is 12.8. The molecule has 2 atom stereocenters. The second-order valence-electron chi connectivity index (χ2n) is 19.2. The molecule has 2 unspecified atom stereocenters. The first-order valence-electron chi connectivity index (χ1n) is 27.3. The van der Waals surface area contributed by atoms with Crippen LogP contribution in [0.2, 0.25) is 0 Å². The van der Waals surface area contributed by atoms with Crippen LogP contribution in [-0.4, -0.2) is 87.4 Å². The zero-order valence-electron chi connectivity index (χ0n) is 44.2. The van der Waals surface area contributed by atoms with Crippen LogP contribution in [0.5, 0.6) is 0 Å². The Morgan fingerprint density at radius 3 is 1.25 bits per heavy atom. The number of hydrogen-bond acceptors (Lipinski definition) is 7. The van der Waals surface area contributed by atoms with Crippen molar-refractivity contribution in [2.45, 2.75) is 225 Å². The van der Waals surface area contributed by atoms with Crippen molar-refractivity contribution in [3.05, 3.63) is 85.1 Å². The lowest BCUT2D eigenvalue weighted by Gasteiger charge is -2.25. The van der Waals surface area contributed by atoms with Crippen molar-refractivity contribution >= 4 is 17.9 Å². The largest absolute Gasteiger partial charge is 0.477 e. The Bertz CT molecular complexity index is 1390. The molecule has 0 rings (SSSR count). The lowest BCUT2D eigenvalue weighted by molar-refractivity contribution is -0.870. The molecule has 0 aromatic rings. The molecule has 0 aromatic carbocycles. The molecule has 0 aliphatic carbocycles. The van der Waals surface area contributed by atoms with Crippen LogP contribution in [0, 0.1) is 0 Å². The Morgan fingerprint density at radius 1 is 0.456 bits per heavy atom. The molecule has 0 saturated heterocycles. The summed E-state index contributed by atoms with van der Waals surface area (Å²) in [6.07, 6.45) is 62.8. The van der Waals surface area contributed by atoms with E-state index in [0.29, 0.717) is 17.4 Å². The summed E-state index contributed by atoms with van der Waals surface area (Å²) in [6.45, 7) is 4.68. The van der Waals surface area contributed by atoms with Gasteiger partial charge < -0.3 is 28.5 Å². The summed E-state index contributed by atoms with van der Waals surface area (Å²) in [5.74, 6) is -2.02. The van der Waals surface area contributed by atoms with Gasteiger partial charge in [-0.3, -0.25) is 9.59 Å². The molecule has 0 fully saturated rings. The monoisotopic (exact) mass is 953 g/mol. The Labute approximate surface area is 417 Å². The van der Waals surface area contributed by atoms with Crippen molar-refractivity contribution in [1.29, 1.82) is 0 Å². The van der Waals surface area contributed by atoms with E-state index in [-0.39, 0.29) is 32.2 Å². The highest BCUT2D eigenvalue weighted by molar-refractivity contribution is 5.71. The molecule has 0 heterocycles. The number of allylic oxidation sites excluding steroid dienone is 14. The number of carboxylic acid groups (broad SMARTS) is 1. The molecule has 0 aromatic heterocycles. The minimum Gasteiger partial charge on any atom is -0.477 e. The summed E-state index contributed by atoms with van der Waals surface area (Å²) in [5.41, 5.74) is 0. The third-order valence-electron chi connectivity index (χ3n) is 11.4. The average Bonchev–Trinajstić information content (AvgIpc) is 3.30. The summed E-state index contributed by atoms with van der Waals surface area (Å²) < 4.78 is 22.7. The molecule has 0 bridgehead atoms. The lowest BCUT2D eigenvalue weighted by Crippen LogP contribution is -2.40. The molecule has 1 N–H and O–H groups in total. The minimum atomic E-state index is -1.51. The van der Waals surface area contributed by atoms with Crippen molar-refractivity contribution in [2.75, 3.05) is 47.5 Å². The molecule has 9 nitrogen and oxygen atoms in total. The Kier molecular flexibility index (Phi) is 47.3. The number of nitrogens with zero attached hydrogens (tertiary/aromatic N) is 1. The topological polar surface area (TPSA) is 108 Å². The Hall–Kier alpha value is -3.53. The lowest BCUT2D eigenvalue weighted by atomic mass is 10.0. The smallest absolute Gasteiger partial charge is 0.361 e. The van der Waals surface area contributed by atoms with Gasteiger partial charge in [-0.15, -0.1) is 0 Å². The number of carbonyl (C=O) groups excluding carboxylic acids is 2. The molecular weight excluding hydrogens is 851 g/mol. The predicted octanol–water partition coefficient (Wildman–Crippen LogP) is 15.6. The molecule has 0 spiro atoms. The third-order valence-corrected chi connectivity index (χ3v) is 11.4. The van der Waals surface area contributed by atoms with Gasteiger partial charge in [0, 0.05) is 12.8 Å². The highest BCUT2D eigenvalue weighted by Gasteiger charge is 2.25. The fraction of sp³-hybridized carbons (Fsp3) is 0.712. The van der Waals surface area contributed by atoms with Crippen LogP contribution in [0.3, 0.4) is 0 Å². The van der Waals surface area contributed by atoms with Gasteiger partial charge in [-0.2, -0.15) is 0 Å². The van der Waals surface area contributed by atoms with Crippen molar-refractivity contribution in [1.82, 2.24) is 0 Å². The number of ether oxygens (including phenoxy) is 4. The highest BCUT2D eigenvalue weighted by atomic mass is 16.7. The van der Waals surface area contributed by atoms with Gasteiger partial charge in [-0.25, -0.2) is 4.79 Å². The fourth-order valence-electron chi connectivity index (χ4n) is 7.23. The van der Waals surface area contributed by atoms with Crippen LogP contribution in [0.15, 0.2) is 85.1 Å². The average molecular weight is 953 g/mol. The highest BCUT2D eigenvalue weighted by Crippen LogP contribution is 2.15. The summed E-state index contributed by atoms with van der Waals surface area (Å²) in [5, 5.41) is 9.62. The van der Waals surface area contributed by atoms with Gasteiger partial charge >= 0.3 is 17.9 Å². The second-order valence-corrected chi connectivity index (χ2v) is 19.2. The van der Waals surface area contributed by atoms with Gasteiger partial charge in [0.2, 0.25) is 0 Å². The molecule has 0 aliphatic heterocycles. The summed E-state index contributed by atoms with van der Waals surface area (Å²) >= 11 is 0. The molecule has 68 heavy (non-hydrogen) atoms. The van der Waals surface area contributed by atoms with Crippen LogP contribution in [-0.2, 0) is 33.3 Å². The first-order valence-corrected chi connectivity index (χ1v) is 27.3. The number of hydrogen-bond donors (Lipinski definition) is 1. The van der Waals surface area contributed by atoms with Gasteiger partial charge in [0.15, 0.2) is 6.10 Å². The summed E-state index contributed by atoms with van der Waals surface area (Å²) in [4.78, 5) is 37.0. The van der Waals surface area contributed by atoms with E-state index in [0.717, 1.165) is 89.9 Å². The van der Waals surface area contributed by atoms with Crippen LogP contribution < -0.4 is 0 Å². The van der Waals surface area contributed by atoms with Gasteiger partial charge in [-0.05, 0) is 70.6 Å². The number of carboxylic acids is 1. The molecular formula is C59H102NO8+. The van der Waals surface area contributed by atoms with E-state index in [9.17, 15) is 19.5 Å². The van der Waals surface area contributed by atoms with Crippen molar-refractivity contribution < 1.29 is 42.9 Å². The van der Waals surface area contributed by atoms with E-state index >= 15 is 0 Å². The molecule has 0 aliphatic rings. The third kappa shape index (κ3) is 50.3. The number of unbranched alkanes of at least 4 members (excludes halogenated alkanes) is 20. The molecule has 9 heteroatoms. The maximum atomic E-state index is 12.8. The zero-order valence-corrected chi connectivity index (χ0v) is 44.2. The van der Waals surface area contributed by atoms with Crippen molar-refractivity contribution in [3.8, 4) is 0 Å². The van der Waals surface area contributed by atoms with Gasteiger partial charge in [0.05, 0.1) is 34.4 Å². The number of carbonyl (C=O) groups is 3. The van der Waals surface area contributed by atoms with Gasteiger partial charge in [0.25, 0.3) is 6.29 Å². The number of likely N-dealkylation sites (N-methyl/N-ethyl adjacent to an activating group) is 1. The Balaban J connectivity index is 3.96. The van der Waals surface area contributed by atoms with Crippen molar-refractivity contribution in [2.24, 2.45) is 0 Å². The predicted molar refractivity (Wildman–Crippen MR) is 286 cm³/mol. The molecule has 0 amide bonds. The van der Waals surface area contributed by atoms with E-state index in [1.807, 2.05) is 21.1 Å². The molecule has 0 radical (unpaired) electrons. The van der Waals surface area contributed by atoms with E-state index in [1.165, 1.54) is 96.3 Å². The normalized spacial score (nSPS) is 13.5. The molecule has 390 valence electrons. The van der Waals surface area contributed by atoms with E-state index in [2.05, 4.69) is 98.9 Å². The summed E-state index contributed by atoms with van der Waals surface area (Å²) in [6, 6.07) is 0. The minimum absolute atomic E-state index is 0.183. The van der Waals surface area contributed by atoms with Gasteiger partial charge in [0.1, 0.15) is 13.2 Å². The van der Waals surface area contributed by atoms with E-state index < -0.39 is 24.3 Å². The van der Waals surface area contributed by atoms with Crippen LogP contribution in [0.4, 0.5) is 0 Å². The second kappa shape index (κ2) is 49.9. The quantitative estimate of drug-likeness (QED) is 0.0211. The number of quaternary nitrogens is 1. The first-order chi connectivity index (χ1) is 33.1. The first kappa shape index (κ1) is 64.5. The van der Waals surface area contributed by atoms with Crippen LogP contribution >= 0.6 is 0 Å². The standard InChI is InChI=1S/C59H101NO8/c1-6-8-10-12-14-15-16-17-18-19-20-21-22-23-24-25-26-27-28-29-30-31-32-33-34-35-36-37-38-39-40-41-42-43-44-46-48-50-57(62)68-55(53-66-56(61)49-47-45-13-11-9-7-2)54-67-59(58(63)64)65-52-51-60(3,4)5/h8,10,14-15,17-18,20-21,23-24,26-27,29-30,55,59H,6-7,9,11-13,16,19,22,25,28,31-54H2,1-5H3/p+1/b10-8-,15-14-,18-17-,21-20-,24-23-,27-26-,30-29-. The van der Waals surface area contributed by atoms with E-state index in [1.54, 1.807) is 0 Å². The zero-order chi connectivity index (χ0) is 49.9. The Morgan fingerprint density at radius 2 is 0.838 bits per heavy atom. The van der Waals surface area contributed by atoms with Gasteiger partial charge in [-0.1, -0.05) is 214 Å². The number of esters is 2. The van der Waals surface area contributed by atoms with Crippen molar-refractivity contribution in [3.63, 3.8) is 0 Å².